The maximum Gasteiger partial charge on any atom is 0.179 e. The predicted octanol–water partition coefficient (Wildman–Crippen LogP) is 4.55. The third-order valence-electron chi connectivity index (χ3n) is 3.40. The van der Waals surface area contributed by atoms with Crippen molar-refractivity contribution >= 4 is 35.0 Å². The molecule has 0 saturated heterocycles. The molecule has 2 aromatic heterocycles. The van der Waals surface area contributed by atoms with Gasteiger partial charge in [-0.25, -0.2) is 4.98 Å². The summed E-state index contributed by atoms with van der Waals surface area (Å²) in [5, 5.41) is 0.608. The summed E-state index contributed by atoms with van der Waals surface area (Å²) in [6.45, 7) is 2.98. The summed E-state index contributed by atoms with van der Waals surface area (Å²) in [7, 11) is 0. The SMILES string of the molecule is CC(Cn1c(=S)[nH]c2cc(Cl)cnc21)c1ccccc1. The standard InChI is InChI=1S/C15H14ClN3S/c1-10(11-5-3-2-4-6-11)9-19-14-13(18-15(19)20)7-12(16)8-17-14/h2-8,10H,9H2,1H3,(H,18,20). The second-order valence-corrected chi connectivity index (χ2v) is 5.70. The Balaban J connectivity index is 1.99. The summed E-state index contributed by atoms with van der Waals surface area (Å²) in [5.74, 6) is 0.361. The lowest BCUT2D eigenvalue weighted by Crippen LogP contribution is -2.07. The molecular formula is C15H14ClN3S. The molecule has 1 aromatic carbocycles. The number of hydrogen-bond donors (Lipinski definition) is 1. The number of halogens is 1. The van der Waals surface area contributed by atoms with E-state index in [0.717, 1.165) is 17.7 Å². The number of hydrogen-bond acceptors (Lipinski definition) is 2. The van der Waals surface area contributed by atoms with Gasteiger partial charge in [-0.15, -0.1) is 0 Å². The summed E-state index contributed by atoms with van der Waals surface area (Å²) in [6, 6.07) is 12.2. The fourth-order valence-electron chi connectivity index (χ4n) is 2.35. The van der Waals surface area contributed by atoms with Crippen LogP contribution in [0.15, 0.2) is 42.6 Å². The topological polar surface area (TPSA) is 33.6 Å². The van der Waals surface area contributed by atoms with Crippen molar-refractivity contribution in [2.45, 2.75) is 19.4 Å². The smallest absolute Gasteiger partial charge is 0.179 e. The van der Waals surface area contributed by atoms with E-state index in [4.69, 9.17) is 23.8 Å². The number of nitrogens with zero attached hydrogens (tertiary/aromatic N) is 2. The van der Waals surface area contributed by atoms with Gasteiger partial charge in [-0.2, -0.15) is 0 Å². The maximum atomic E-state index is 5.96. The van der Waals surface area contributed by atoms with Crippen molar-refractivity contribution < 1.29 is 0 Å². The van der Waals surface area contributed by atoms with Gasteiger partial charge in [0.15, 0.2) is 10.4 Å². The van der Waals surface area contributed by atoms with Gasteiger partial charge in [0.05, 0.1) is 10.5 Å². The first-order valence-corrected chi connectivity index (χ1v) is 7.23. The van der Waals surface area contributed by atoms with Gasteiger partial charge in [-0.1, -0.05) is 48.9 Å². The van der Waals surface area contributed by atoms with Crippen molar-refractivity contribution in [3.8, 4) is 0 Å². The number of rotatable bonds is 3. The monoisotopic (exact) mass is 303 g/mol. The lowest BCUT2D eigenvalue weighted by Gasteiger charge is -2.13. The average Bonchev–Trinajstić information content (AvgIpc) is 2.75. The number of imidazole rings is 1. The van der Waals surface area contributed by atoms with Gasteiger partial charge in [-0.3, -0.25) is 0 Å². The quantitative estimate of drug-likeness (QED) is 0.720. The second-order valence-electron chi connectivity index (χ2n) is 4.88. The van der Waals surface area contributed by atoms with Crippen molar-refractivity contribution in [1.29, 1.82) is 0 Å². The molecule has 102 valence electrons. The highest BCUT2D eigenvalue weighted by Crippen LogP contribution is 2.21. The Kier molecular flexibility index (Phi) is 3.59. The zero-order chi connectivity index (χ0) is 14.1. The highest BCUT2D eigenvalue weighted by Gasteiger charge is 2.11. The first kappa shape index (κ1) is 13.3. The molecule has 0 bridgehead atoms. The molecule has 0 aliphatic rings. The van der Waals surface area contributed by atoms with Crippen molar-refractivity contribution in [1.82, 2.24) is 14.5 Å². The molecule has 3 aromatic rings. The Morgan fingerprint density at radius 1 is 1.35 bits per heavy atom. The number of H-pyrrole nitrogens is 1. The average molecular weight is 304 g/mol. The van der Waals surface area contributed by atoms with Crippen molar-refractivity contribution in [2.75, 3.05) is 0 Å². The molecule has 0 radical (unpaired) electrons. The van der Waals surface area contributed by atoms with E-state index >= 15 is 0 Å². The molecule has 1 atom stereocenters. The Labute approximate surface area is 127 Å². The Bertz CT molecular complexity index is 792. The van der Waals surface area contributed by atoms with E-state index in [0.29, 0.717) is 15.7 Å². The molecule has 5 heteroatoms. The fraction of sp³-hybridized carbons (Fsp3) is 0.200. The van der Waals surface area contributed by atoms with Crippen LogP contribution in [0.3, 0.4) is 0 Å². The number of pyridine rings is 1. The largest absolute Gasteiger partial charge is 0.329 e. The Morgan fingerprint density at radius 3 is 2.85 bits per heavy atom. The predicted molar refractivity (Wildman–Crippen MR) is 84.8 cm³/mol. The fourth-order valence-corrected chi connectivity index (χ4v) is 2.78. The third-order valence-corrected chi connectivity index (χ3v) is 3.93. The van der Waals surface area contributed by atoms with E-state index in [1.54, 1.807) is 6.20 Å². The lowest BCUT2D eigenvalue weighted by molar-refractivity contribution is 0.601. The molecule has 1 N–H and O–H groups in total. The van der Waals surface area contributed by atoms with Crippen LogP contribution in [0.1, 0.15) is 18.4 Å². The van der Waals surface area contributed by atoms with E-state index in [1.807, 2.05) is 16.7 Å². The highest BCUT2D eigenvalue weighted by atomic mass is 35.5. The van der Waals surface area contributed by atoms with Crippen LogP contribution in [-0.4, -0.2) is 14.5 Å². The second kappa shape index (κ2) is 5.38. The van der Waals surface area contributed by atoms with Gasteiger partial charge < -0.3 is 9.55 Å². The number of nitrogens with one attached hydrogen (secondary N) is 1. The van der Waals surface area contributed by atoms with Gasteiger partial charge in [0, 0.05) is 12.7 Å². The van der Waals surface area contributed by atoms with E-state index in [-0.39, 0.29) is 0 Å². The van der Waals surface area contributed by atoms with Crippen LogP contribution >= 0.6 is 23.8 Å². The molecule has 1 unspecified atom stereocenters. The summed E-state index contributed by atoms with van der Waals surface area (Å²) in [5.41, 5.74) is 3.02. The normalized spacial score (nSPS) is 12.7. The van der Waals surface area contributed by atoms with Crippen LogP contribution < -0.4 is 0 Å². The van der Waals surface area contributed by atoms with Crippen LogP contribution in [-0.2, 0) is 6.54 Å². The maximum absolute atomic E-state index is 5.96. The summed E-state index contributed by atoms with van der Waals surface area (Å²) < 4.78 is 2.70. The Hall–Kier alpha value is -1.65. The number of fused-ring (bicyclic) bond motifs is 1. The highest BCUT2D eigenvalue weighted by molar-refractivity contribution is 7.71. The van der Waals surface area contributed by atoms with Crippen molar-refractivity contribution in [2.24, 2.45) is 0 Å². The van der Waals surface area contributed by atoms with E-state index in [2.05, 4.69) is 41.2 Å². The minimum absolute atomic E-state index is 0.361. The van der Waals surface area contributed by atoms with Crippen LogP contribution in [0, 0.1) is 4.77 Å². The van der Waals surface area contributed by atoms with E-state index in [9.17, 15) is 0 Å². The van der Waals surface area contributed by atoms with Crippen molar-refractivity contribution in [3.05, 3.63) is 58.0 Å². The molecule has 3 rings (SSSR count). The molecule has 0 spiro atoms. The van der Waals surface area contributed by atoms with Gasteiger partial charge in [0.25, 0.3) is 0 Å². The van der Waals surface area contributed by atoms with Gasteiger partial charge >= 0.3 is 0 Å². The minimum atomic E-state index is 0.361. The molecule has 0 fully saturated rings. The lowest BCUT2D eigenvalue weighted by atomic mass is 10.0. The molecule has 2 heterocycles. The Morgan fingerprint density at radius 2 is 2.10 bits per heavy atom. The molecular weight excluding hydrogens is 290 g/mol. The van der Waals surface area contributed by atoms with Crippen LogP contribution in [0.2, 0.25) is 5.02 Å². The third kappa shape index (κ3) is 2.49. The molecule has 0 amide bonds. The number of benzene rings is 1. The zero-order valence-corrected chi connectivity index (χ0v) is 12.6. The molecule has 0 saturated carbocycles. The van der Waals surface area contributed by atoms with Gasteiger partial charge in [-0.05, 0) is 29.8 Å². The van der Waals surface area contributed by atoms with Crippen LogP contribution in [0.5, 0.6) is 0 Å². The van der Waals surface area contributed by atoms with E-state index in [1.165, 1.54) is 5.56 Å². The summed E-state index contributed by atoms with van der Waals surface area (Å²) in [6.07, 6.45) is 1.65. The molecule has 3 nitrogen and oxygen atoms in total. The molecule has 0 aliphatic heterocycles. The number of aromatic nitrogens is 3. The van der Waals surface area contributed by atoms with Gasteiger partial charge in [0.2, 0.25) is 0 Å². The first-order chi connectivity index (χ1) is 9.65. The summed E-state index contributed by atoms with van der Waals surface area (Å²) >= 11 is 11.3. The first-order valence-electron chi connectivity index (χ1n) is 6.44. The van der Waals surface area contributed by atoms with Crippen molar-refractivity contribution in [3.63, 3.8) is 0 Å². The molecule has 0 aliphatic carbocycles. The molecule has 20 heavy (non-hydrogen) atoms. The van der Waals surface area contributed by atoms with Gasteiger partial charge in [0.1, 0.15) is 0 Å². The van der Waals surface area contributed by atoms with Crippen LogP contribution in [0.4, 0.5) is 0 Å². The van der Waals surface area contributed by atoms with E-state index < -0.39 is 0 Å². The number of aromatic amines is 1. The van der Waals surface area contributed by atoms with Crippen LogP contribution in [0.25, 0.3) is 11.2 Å². The minimum Gasteiger partial charge on any atom is -0.329 e. The summed E-state index contributed by atoms with van der Waals surface area (Å²) in [4.78, 5) is 7.54. The zero-order valence-electron chi connectivity index (χ0n) is 11.0.